The van der Waals surface area contributed by atoms with Crippen LogP contribution in [0.3, 0.4) is 0 Å². The lowest BCUT2D eigenvalue weighted by atomic mass is 9.97. The molecule has 0 N–H and O–H groups in total. The third-order valence-corrected chi connectivity index (χ3v) is 7.46. The Bertz CT molecular complexity index is 1280. The maximum Gasteiger partial charge on any atom is 0.305 e. The lowest BCUT2D eigenvalue weighted by Gasteiger charge is -2.28. The van der Waals surface area contributed by atoms with E-state index in [1.807, 2.05) is 4.90 Å². The van der Waals surface area contributed by atoms with Crippen molar-refractivity contribution >= 4 is 9.84 Å². The minimum Gasteiger partial charge on any atom is -0.440 e. The molecule has 2 aliphatic heterocycles. The molecule has 0 bridgehead atoms. The Balaban J connectivity index is 1.47. The summed E-state index contributed by atoms with van der Waals surface area (Å²) in [6.07, 6.45) is 2.05. The minimum atomic E-state index is -4.14. The first-order chi connectivity index (χ1) is 16.8. The summed E-state index contributed by atoms with van der Waals surface area (Å²) in [4.78, 5) is 1.39. The smallest absolute Gasteiger partial charge is 0.305 e. The third-order valence-electron chi connectivity index (χ3n) is 6.00. The second-order valence-corrected chi connectivity index (χ2v) is 10.4. The Morgan fingerprint density at radius 1 is 0.829 bits per heavy atom. The first-order valence-corrected chi connectivity index (χ1v) is 12.7. The van der Waals surface area contributed by atoms with Crippen molar-refractivity contribution in [2.24, 2.45) is 0 Å². The number of benzene rings is 3. The highest BCUT2D eigenvalue weighted by Crippen LogP contribution is 2.49. The molecule has 0 radical (unpaired) electrons. The monoisotopic (exact) mass is 505 g/mol. The highest BCUT2D eigenvalue weighted by atomic mass is 32.2. The van der Waals surface area contributed by atoms with Gasteiger partial charge in [-0.15, -0.1) is 0 Å². The van der Waals surface area contributed by atoms with Crippen molar-refractivity contribution in [3.63, 3.8) is 0 Å². The van der Waals surface area contributed by atoms with E-state index in [-0.39, 0.29) is 18.2 Å². The van der Waals surface area contributed by atoms with Gasteiger partial charge in [-0.25, -0.2) is 21.6 Å². The highest BCUT2D eigenvalue weighted by Gasteiger charge is 2.46. The summed E-state index contributed by atoms with van der Waals surface area (Å²) < 4.78 is 85.2. The predicted molar refractivity (Wildman–Crippen MR) is 120 cm³/mol. The molecular weight excluding hydrogens is 483 g/mol. The first-order valence-electron chi connectivity index (χ1n) is 11.0. The van der Waals surface area contributed by atoms with Gasteiger partial charge in [0.1, 0.15) is 29.1 Å². The van der Waals surface area contributed by atoms with Crippen LogP contribution in [-0.2, 0) is 20.4 Å². The van der Waals surface area contributed by atoms with Crippen LogP contribution in [0.1, 0.15) is 24.0 Å². The molecule has 3 aromatic rings. The van der Waals surface area contributed by atoms with Crippen LogP contribution in [0.2, 0.25) is 0 Å². The van der Waals surface area contributed by atoms with E-state index < -0.39 is 43.9 Å². The van der Waals surface area contributed by atoms with Crippen molar-refractivity contribution in [1.82, 2.24) is 4.90 Å². The zero-order valence-electron chi connectivity index (χ0n) is 18.5. The Morgan fingerprint density at radius 2 is 1.34 bits per heavy atom. The fourth-order valence-electron chi connectivity index (χ4n) is 4.24. The third kappa shape index (κ3) is 4.61. The molecule has 0 spiro atoms. The van der Waals surface area contributed by atoms with Crippen LogP contribution in [0.5, 0.6) is 11.5 Å². The number of sulfone groups is 1. The standard InChI is InChI=1S/C25H22F3NO5S/c26-19-7-3-17(4-8-19)25(18-5-9-20(27)10-6-18)33-22-13-21(28)24(14-23(22)34-25)35(30,31)16-32-15-29-11-1-2-12-29/h3-10,13-14H,1-2,11-12,15-16H2. The van der Waals surface area contributed by atoms with Crippen molar-refractivity contribution in [2.45, 2.75) is 23.5 Å². The van der Waals surface area contributed by atoms with E-state index in [4.69, 9.17) is 14.2 Å². The molecule has 3 aromatic carbocycles. The second-order valence-electron chi connectivity index (χ2n) is 8.45. The molecule has 1 saturated heterocycles. The molecule has 1 fully saturated rings. The van der Waals surface area contributed by atoms with Crippen LogP contribution in [0.15, 0.2) is 65.6 Å². The normalized spacial score (nSPS) is 17.1. The molecule has 0 amide bonds. The molecule has 5 rings (SSSR count). The summed E-state index contributed by atoms with van der Waals surface area (Å²) in [7, 11) is -4.14. The summed E-state index contributed by atoms with van der Waals surface area (Å²) in [5.74, 6) is -4.48. The van der Waals surface area contributed by atoms with Crippen molar-refractivity contribution in [1.29, 1.82) is 0 Å². The number of likely N-dealkylation sites (tertiary alicyclic amines) is 1. The van der Waals surface area contributed by atoms with Crippen molar-refractivity contribution < 1.29 is 35.8 Å². The van der Waals surface area contributed by atoms with E-state index in [0.717, 1.165) is 38.1 Å². The molecule has 0 aliphatic carbocycles. The van der Waals surface area contributed by atoms with Gasteiger partial charge in [0.25, 0.3) is 0 Å². The van der Waals surface area contributed by atoms with E-state index in [9.17, 15) is 21.6 Å². The molecule has 0 atom stereocenters. The van der Waals surface area contributed by atoms with Crippen LogP contribution in [0.25, 0.3) is 0 Å². The van der Waals surface area contributed by atoms with E-state index in [2.05, 4.69) is 0 Å². The van der Waals surface area contributed by atoms with E-state index in [0.29, 0.717) is 11.1 Å². The van der Waals surface area contributed by atoms with Gasteiger partial charge in [-0.3, -0.25) is 4.90 Å². The van der Waals surface area contributed by atoms with Crippen LogP contribution in [-0.4, -0.2) is 39.1 Å². The Labute approximate surface area is 200 Å². The van der Waals surface area contributed by atoms with Gasteiger partial charge in [-0.05, 0) is 61.4 Å². The van der Waals surface area contributed by atoms with Gasteiger partial charge in [-0.1, -0.05) is 0 Å². The Hall–Kier alpha value is -3.08. The molecule has 2 aliphatic rings. The van der Waals surface area contributed by atoms with E-state index in [1.54, 1.807) is 0 Å². The topological polar surface area (TPSA) is 65.1 Å². The van der Waals surface area contributed by atoms with E-state index in [1.165, 1.54) is 48.5 Å². The van der Waals surface area contributed by atoms with Crippen LogP contribution < -0.4 is 9.47 Å². The van der Waals surface area contributed by atoms with Gasteiger partial charge in [0.15, 0.2) is 17.4 Å². The molecule has 2 heterocycles. The number of nitrogens with zero attached hydrogens (tertiary/aromatic N) is 1. The number of ether oxygens (including phenoxy) is 3. The molecule has 184 valence electrons. The van der Waals surface area contributed by atoms with Crippen LogP contribution in [0.4, 0.5) is 13.2 Å². The van der Waals surface area contributed by atoms with Crippen molar-refractivity contribution in [3.8, 4) is 11.5 Å². The first kappa shape index (κ1) is 23.7. The SMILES string of the molecule is O=S(=O)(COCN1CCCC1)c1cc2c(cc1F)OC(c1ccc(F)cc1)(c1ccc(F)cc1)O2. The molecule has 0 unspecified atom stereocenters. The lowest BCUT2D eigenvalue weighted by Crippen LogP contribution is -2.36. The van der Waals surface area contributed by atoms with Gasteiger partial charge in [0.2, 0.25) is 9.84 Å². The lowest BCUT2D eigenvalue weighted by molar-refractivity contribution is -0.0460. The molecular formula is C25H22F3NO5S. The molecule has 10 heteroatoms. The summed E-state index contributed by atoms with van der Waals surface area (Å²) in [5, 5.41) is 0. The number of fused-ring (bicyclic) bond motifs is 1. The zero-order valence-corrected chi connectivity index (χ0v) is 19.4. The average Bonchev–Trinajstić information content (AvgIpc) is 3.47. The summed E-state index contributed by atoms with van der Waals surface area (Å²) in [6.45, 7) is 1.80. The van der Waals surface area contributed by atoms with Crippen LogP contribution >= 0.6 is 0 Å². The maximum absolute atomic E-state index is 15.0. The summed E-state index contributed by atoms with van der Waals surface area (Å²) in [6, 6.07) is 12.5. The molecule has 35 heavy (non-hydrogen) atoms. The Morgan fingerprint density at radius 3 is 1.89 bits per heavy atom. The van der Waals surface area contributed by atoms with Gasteiger partial charge in [0.05, 0.1) is 0 Å². The van der Waals surface area contributed by atoms with Gasteiger partial charge >= 0.3 is 5.79 Å². The molecule has 0 aromatic heterocycles. The number of halogens is 3. The number of hydrogen-bond donors (Lipinski definition) is 0. The molecule has 6 nitrogen and oxygen atoms in total. The number of hydrogen-bond acceptors (Lipinski definition) is 6. The average molecular weight is 506 g/mol. The zero-order chi connectivity index (χ0) is 24.6. The maximum atomic E-state index is 15.0. The second kappa shape index (κ2) is 9.18. The predicted octanol–water partition coefficient (Wildman–Crippen LogP) is 4.58. The van der Waals surface area contributed by atoms with Crippen LogP contribution in [0, 0.1) is 17.5 Å². The van der Waals surface area contributed by atoms with Gasteiger partial charge < -0.3 is 14.2 Å². The quantitative estimate of drug-likeness (QED) is 0.469. The van der Waals surface area contributed by atoms with Gasteiger partial charge in [0, 0.05) is 36.3 Å². The van der Waals surface area contributed by atoms with Crippen molar-refractivity contribution in [3.05, 3.63) is 89.2 Å². The summed E-state index contributed by atoms with van der Waals surface area (Å²) in [5.41, 5.74) is 0.695. The van der Waals surface area contributed by atoms with Gasteiger partial charge in [-0.2, -0.15) is 0 Å². The fourth-order valence-corrected chi connectivity index (χ4v) is 5.30. The number of rotatable bonds is 7. The Kier molecular flexibility index (Phi) is 6.20. The fraction of sp³-hybridized carbons (Fsp3) is 0.280. The largest absolute Gasteiger partial charge is 0.440 e. The van der Waals surface area contributed by atoms with Crippen molar-refractivity contribution in [2.75, 3.05) is 25.8 Å². The highest BCUT2D eigenvalue weighted by molar-refractivity contribution is 7.91. The van der Waals surface area contributed by atoms with E-state index >= 15 is 0 Å². The molecule has 0 saturated carbocycles. The minimum absolute atomic E-state index is 0.0295. The summed E-state index contributed by atoms with van der Waals surface area (Å²) >= 11 is 0.